The summed E-state index contributed by atoms with van der Waals surface area (Å²) in [6.07, 6.45) is 0. The minimum atomic E-state index is -0.107. The van der Waals surface area contributed by atoms with Crippen LogP contribution in [0.15, 0.2) is 53.9 Å². The van der Waals surface area contributed by atoms with Crippen molar-refractivity contribution in [2.75, 3.05) is 10.6 Å². The van der Waals surface area contributed by atoms with E-state index < -0.39 is 0 Å². The van der Waals surface area contributed by atoms with Gasteiger partial charge in [0.2, 0.25) is 5.91 Å². The van der Waals surface area contributed by atoms with Crippen LogP contribution >= 0.6 is 38.9 Å². The summed E-state index contributed by atoms with van der Waals surface area (Å²) in [6, 6.07) is 15.9. The first-order chi connectivity index (χ1) is 11.2. The third-order valence-corrected chi connectivity index (χ3v) is 4.75. The van der Waals surface area contributed by atoms with Crippen LogP contribution in [-0.4, -0.2) is 16.2 Å². The maximum Gasteiger partial charge on any atom is 0.236 e. The molecule has 1 heterocycles. The number of amides is 1. The zero-order valence-corrected chi connectivity index (χ0v) is 15.1. The molecule has 3 aromatic rings. The molecule has 0 radical (unpaired) electrons. The quantitative estimate of drug-likeness (QED) is 0.583. The van der Waals surface area contributed by atoms with Gasteiger partial charge in [0.05, 0.1) is 11.0 Å². The third kappa shape index (κ3) is 3.99. The van der Waals surface area contributed by atoms with Gasteiger partial charge in [-0.3, -0.25) is 4.79 Å². The number of hydrogen-bond acceptors (Lipinski definition) is 3. The van der Waals surface area contributed by atoms with Gasteiger partial charge in [-0.25, -0.2) is 4.98 Å². The van der Waals surface area contributed by atoms with Crippen molar-refractivity contribution in [3.63, 3.8) is 0 Å². The molecule has 0 aliphatic carbocycles. The van der Waals surface area contributed by atoms with Crippen molar-refractivity contribution in [3.05, 3.63) is 58.9 Å². The Morgan fingerprint density at radius 1 is 1.04 bits per heavy atom. The minimum Gasteiger partial charge on any atom is -0.301 e. The van der Waals surface area contributed by atoms with Crippen LogP contribution in [0.5, 0.6) is 0 Å². The molecule has 0 spiro atoms. The maximum absolute atomic E-state index is 11.4. The summed E-state index contributed by atoms with van der Waals surface area (Å²) in [5.74, 6) is -0.107. The summed E-state index contributed by atoms with van der Waals surface area (Å²) in [4.78, 5) is 15.8. The fraction of sp³-hybridized carbons (Fsp3) is 0.0588. The molecule has 0 atom stereocenters. The SMILES string of the molecule is O=C(CBr)Nc1nc(-c2ccc(-c3ccc(Cl)cc3)cc2)cs1. The number of alkyl halides is 1. The van der Waals surface area contributed by atoms with E-state index in [-0.39, 0.29) is 11.2 Å². The topological polar surface area (TPSA) is 42.0 Å². The molecule has 0 saturated heterocycles. The van der Waals surface area contributed by atoms with Gasteiger partial charge in [0, 0.05) is 16.0 Å². The number of thiazole rings is 1. The second-order valence-corrected chi connectivity index (χ2v) is 6.66. The van der Waals surface area contributed by atoms with E-state index in [4.69, 9.17) is 11.6 Å². The number of aromatic nitrogens is 1. The summed E-state index contributed by atoms with van der Waals surface area (Å²) in [6.45, 7) is 0. The third-order valence-electron chi connectivity index (χ3n) is 3.23. The molecular weight excluding hydrogens is 396 g/mol. The highest BCUT2D eigenvalue weighted by Crippen LogP contribution is 2.28. The molecule has 1 aromatic heterocycles. The first-order valence-corrected chi connectivity index (χ1v) is 9.21. The van der Waals surface area contributed by atoms with Crippen molar-refractivity contribution < 1.29 is 4.79 Å². The molecule has 3 nitrogen and oxygen atoms in total. The number of carbonyl (C=O) groups is 1. The molecule has 23 heavy (non-hydrogen) atoms. The second-order valence-electron chi connectivity index (χ2n) is 4.80. The molecule has 0 fully saturated rings. The Hall–Kier alpha value is -1.69. The van der Waals surface area contributed by atoms with Crippen LogP contribution < -0.4 is 5.32 Å². The van der Waals surface area contributed by atoms with Crippen molar-refractivity contribution in [1.82, 2.24) is 4.98 Å². The van der Waals surface area contributed by atoms with Gasteiger partial charge < -0.3 is 5.32 Å². The van der Waals surface area contributed by atoms with Crippen molar-refractivity contribution in [1.29, 1.82) is 0 Å². The molecule has 3 rings (SSSR count). The predicted octanol–water partition coefficient (Wildman–Crippen LogP) is 5.46. The average Bonchev–Trinajstić information content (AvgIpc) is 3.04. The van der Waals surface area contributed by atoms with Gasteiger partial charge >= 0.3 is 0 Å². The first-order valence-electron chi connectivity index (χ1n) is 6.83. The lowest BCUT2D eigenvalue weighted by atomic mass is 10.0. The largest absolute Gasteiger partial charge is 0.301 e. The first kappa shape index (κ1) is 16.2. The maximum atomic E-state index is 11.4. The highest BCUT2D eigenvalue weighted by Gasteiger charge is 2.07. The van der Waals surface area contributed by atoms with Gasteiger partial charge in [-0.05, 0) is 23.3 Å². The fourth-order valence-corrected chi connectivity index (χ4v) is 3.09. The van der Waals surface area contributed by atoms with E-state index in [2.05, 4.69) is 38.4 Å². The molecule has 1 N–H and O–H groups in total. The molecule has 0 unspecified atom stereocenters. The highest BCUT2D eigenvalue weighted by molar-refractivity contribution is 9.09. The number of nitrogens with one attached hydrogen (secondary N) is 1. The Labute approximate surface area is 151 Å². The van der Waals surface area contributed by atoms with E-state index >= 15 is 0 Å². The van der Waals surface area contributed by atoms with E-state index in [1.54, 1.807) is 0 Å². The summed E-state index contributed by atoms with van der Waals surface area (Å²) < 4.78 is 0. The number of hydrogen-bond donors (Lipinski definition) is 1. The number of anilines is 1. The molecular formula is C17H12BrClN2OS. The van der Waals surface area contributed by atoms with Crippen molar-refractivity contribution >= 4 is 49.9 Å². The molecule has 116 valence electrons. The van der Waals surface area contributed by atoms with E-state index in [1.165, 1.54) is 11.3 Å². The van der Waals surface area contributed by atoms with Crippen LogP contribution in [0.2, 0.25) is 5.02 Å². The molecule has 0 aliphatic rings. The van der Waals surface area contributed by atoms with Crippen molar-refractivity contribution in [2.45, 2.75) is 0 Å². The zero-order valence-electron chi connectivity index (χ0n) is 11.9. The van der Waals surface area contributed by atoms with E-state index in [9.17, 15) is 4.79 Å². The minimum absolute atomic E-state index is 0.107. The van der Waals surface area contributed by atoms with Gasteiger partial charge in [-0.2, -0.15) is 0 Å². The Balaban J connectivity index is 1.79. The molecule has 0 bridgehead atoms. The van der Waals surface area contributed by atoms with E-state index in [0.717, 1.165) is 27.4 Å². The van der Waals surface area contributed by atoms with Gasteiger partial charge in [0.15, 0.2) is 5.13 Å². The average molecular weight is 408 g/mol. The van der Waals surface area contributed by atoms with E-state index in [1.807, 2.05) is 41.8 Å². The number of carbonyl (C=O) groups excluding carboxylic acids is 1. The lowest BCUT2D eigenvalue weighted by Gasteiger charge is -2.03. The Kier molecular flexibility index (Phi) is 5.10. The molecule has 6 heteroatoms. The van der Waals surface area contributed by atoms with Crippen LogP contribution in [0.4, 0.5) is 5.13 Å². The molecule has 0 aliphatic heterocycles. The van der Waals surface area contributed by atoms with Gasteiger partial charge in [0.25, 0.3) is 0 Å². The van der Waals surface area contributed by atoms with Gasteiger partial charge in [-0.1, -0.05) is 63.9 Å². The smallest absolute Gasteiger partial charge is 0.236 e. The highest BCUT2D eigenvalue weighted by atomic mass is 79.9. The number of benzene rings is 2. The van der Waals surface area contributed by atoms with E-state index in [0.29, 0.717) is 5.13 Å². The zero-order chi connectivity index (χ0) is 16.2. The van der Waals surface area contributed by atoms with Gasteiger partial charge in [0.1, 0.15) is 0 Å². The summed E-state index contributed by atoms with van der Waals surface area (Å²) >= 11 is 10.4. The van der Waals surface area contributed by atoms with Gasteiger partial charge in [-0.15, -0.1) is 11.3 Å². The van der Waals surface area contributed by atoms with Crippen molar-refractivity contribution in [2.24, 2.45) is 0 Å². The number of rotatable bonds is 4. The Morgan fingerprint density at radius 3 is 2.22 bits per heavy atom. The lowest BCUT2D eigenvalue weighted by molar-refractivity contribution is -0.113. The summed E-state index contributed by atoms with van der Waals surface area (Å²) in [5.41, 5.74) is 4.10. The molecule has 2 aromatic carbocycles. The molecule has 0 saturated carbocycles. The number of nitrogens with zero attached hydrogens (tertiary/aromatic N) is 1. The van der Waals surface area contributed by atoms with Crippen LogP contribution in [0, 0.1) is 0 Å². The lowest BCUT2D eigenvalue weighted by Crippen LogP contribution is -2.11. The van der Waals surface area contributed by atoms with Crippen LogP contribution in [0.25, 0.3) is 22.4 Å². The summed E-state index contributed by atoms with van der Waals surface area (Å²) in [7, 11) is 0. The Morgan fingerprint density at radius 2 is 1.61 bits per heavy atom. The second kappa shape index (κ2) is 7.25. The standard InChI is InChI=1S/C17H12BrClN2OS/c18-9-16(22)21-17-20-15(10-23-17)13-3-1-11(2-4-13)12-5-7-14(19)8-6-12/h1-8,10H,9H2,(H,20,21,22). The van der Waals surface area contributed by atoms with Crippen molar-refractivity contribution in [3.8, 4) is 22.4 Å². The monoisotopic (exact) mass is 406 g/mol. The van der Waals surface area contributed by atoms with Crippen LogP contribution in [-0.2, 0) is 4.79 Å². The predicted molar refractivity (Wildman–Crippen MR) is 100 cm³/mol. The Bertz CT molecular complexity index is 815. The van der Waals surface area contributed by atoms with Crippen LogP contribution in [0.1, 0.15) is 0 Å². The normalized spacial score (nSPS) is 10.5. The fourth-order valence-electron chi connectivity index (χ4n) is 2.09. The number of halogens is 2. The van der Waals surface area contributed by atoms with Crippen LogP contribution in [0.3, 0.4) is 0 Å². The summed E-state index contributed by atoms with van der Waals surface area (Å²) in [5, 5.41) is 6.26. The molecule has 1 amide bonds.